The lowest BCUT2D eigenvalue weighted by Crippen LogP contribution is -2.24. The van der Waals surface area contributed by atoms with Crippen LogP contribution < -0.4 is 10.2 Å². The molecule has 1 amide bonds. The normalized spacial score (nSPS) is 10.6. The number of nitro groups is 1. The van der Waals surface area contributed by atoms with Gasteiger partial charge in [-0.3, -0.25) is 14.9 Å². The molecule has 10 heteroatoms. The molecule has 2 rings (SSSR count). The van der Waals surface area contributed by atoms with E-state index >= 15 is 0 Å². The molecule has 0 aliphatic heterocycles. The lowest BCUT2D eigenvalue weighted by molar-refractivity contribution is -0.385. The molecular weight excluding hydrogens is 418 g/mol. The van der Waals surface area contributed by atoms with Gasteiger partial charge in [0.15, 0.2) is 12.4 Å². The zero-order chi connectivity index (χ0) is 18.4. The molecule has 8 nitrogen and oxygen atoms in total. The molecule has 0 heterocycles. The molecule has 0 aromatic heterocycles. The van der Waals surface area contributed by atoms with E-state index in [2.05, 4.69) is 26.5 Å². The van der Waals surface area contributed by atoms with Crippen molar-refractivity contribution in [3.63, 3.8) is 0 Å². The molecule has 0 aliphatic rings. The van der Waals surface area contributed by atoms with Crippen molar-refractivity contribution in [2.24, 2.45) is 5.10 Å². The van der Waals surface area contributed by atoms with E-state index in [1.54, 1.807) is 6.07 Å². The summed E-state index contributed by atoms with van der Waals surface area (Å²) in [5.74, 6) is -0.739. The first-order chi connectivity index (χ1) is 11.9. The van der Waals surface area contributed by atoms with Gasteiger partial charge in [-0.05, 0) is 34.1 Å². The van der Waals surface area contributed by atoms with E-state index in [0.29, 0.717) is 15.1 Å². The maximum Gasteiger partial charge on any atom is 0.310 e. The van der Waals surface area contributed by atoms with E-state index in [1.807, 2.05) is 0 Å². The third-order valence-corrected chi connectivity index (χ3v) is 3.69. The monoisotopic (exact) mass is 427 g/mol. The minimum Gasteiger partial charge on any atom is -0.506 e. The maximum atomic E-state index is 11.7. The van der Waals surface area contributed by atoms with Crippen LogP contribution in [0.1, 0.15) is 5.56 Å². The van der Waals surface area contributed by atoms with Crippen LogP contribution in [-0.4, -0.2) is 28.8 Å². The summed E-state index contributed by atoms with van der Waals surface area (Å²) in [7, 11) is 0. The van der Waals surface area contributed by atoms with Crippen molar-refractivity contribution in [1.29, 1.82) is 0 Å². The first-order valence-electron chi connectivity index (χ1n) is 6.74. The van der Waals surface area contributed by atoms with Gasteiger partial charge in [0, 0.05) is 16.7 Å². The topological polar surface area (TPSA) is 114 Å². The number of benzene rings is 2. The van der Waals surface area contributed by atoms with Crippen LogP contribution in [0.15, 0.2) is 46.0 Å². The number of nitrogens with zero attached hydrogens (tertiary/aromatic N) is 2. The van der Waals surface area contributed by atoms with E-state index in [4.69, 9.17) is 16.3 Å². The molecule has 0 unspecified atom stereocenters. The van der Waals surface area contributed by atoms with Gasteiger partial charge in [0.1, 0.15) is 5.75 Å². The lowest BCUT2D eigenvalue weighted by Gasteiger charge is -2.05. The van der Waals surface area contributed by atoms with Crippen LogP contribution in [0.3, 0.4) is 0 Å². The first-order valence-corrected chi connectivity index (χ1v) is 7.91. The molecule has 2 aromatic carbocycles. The minimum absolute atomic E-state index is 0.0250. The molecule has 2 aromatic rings. The van der Waals surface area contributed by atoms with Crippen molar-refractivity contribution in [3.05, 3.63) is 61.6 Å². The van der Waals surface area contributed by atoms with Gasteiger partial charge in [0.05, 0.1) is 15.6 Å². The highest BCUT2D eigenvalue weighted by atomic mass is 79.9. The van der Waals surface area contributed by atoms with Gasteiger partial charge in [-0.15, -0.1) is 0 Å². The predicted molar refractivity (Wildman–Crippen MR) is 95.1 cm³/mol. The molecule has 0 saturated carbocycles. The van der Waals surface area contributed by atoms with Crippen molar-refractivity contribution in [1.82, 2.24) is 5.43 Å². The van der Waals surface area contributed by atoms with E-state index in [1.165, 1.54) is 36.5 Å². The number of halogens is 2. The zero-order valence-electron chi connectivity index (χ0n) is 12.5. The molecule has 25 heavy (non-hydrogen) atoms. The average Bonchev–Trinajstić information content (AvgIpc) is 2.57. The van der Waals surface area contributed by atoms with Gasteiger partial charge in [-0.25, -0.2) is 5.43 Å². The molecule has 2 N–H and O–H groups in total. The van der Waals surface area contributed by atoms with Crippen molar-refractivity contribution in [2.45, 2.75) is 0 Å². The highest BCUT2D eigenvalue weighted by molar-refractivity contribution is 9.10. The Morgan fingerprint density at radius 3 is 2.88 bits per heavy atom. The summed E-state index contributed by atoms with van der Waals surface area (Å²) in [5, 5.41) is 24.7. The maximum absolute atomic E-state index is 11.7. The Morgan fingerprint density at radius 2 is 2.16 bits per heavy atom. The quantitative estimate of drug-likeness (QED) is 0.416. The van der Waals surface area contributed by atoms with Crippen LogP contribution in [0.2, 0.25) is 5.02 Å². The fourth-order valence-electron chi connectivity index (χ4n) is 1.76. The highest BCUT2D eigenvalue weighted by Gasteiger charge is 2.14. The number of phenols is 1. The molecule has 0 spiro atoms. The highest BCUT2D eigenvalue weighted by Crippen LogP contribution is 2.30. The standard InChI is InChI=1S/C15H11BrClN3O5/c16-11-6-10(17)5-9(15(11)22)7-18-19-14(21)8-25-13-4-2-1-3-12(13)20(23)24/h1-7,22H,8H2,(H,19,21)/b18-7-. The average molecular weight is 429 g/mol. The second-order valence-electron chi connectivity index (χ2n) is 4.63. The Labute approximate surface area is 155 Å². The van der Waals surface area contributed by atoms with Crippen molar-refractivity contribution < 1.29 is 19.6 Å². The third kappa shape index (κ3) is 5.16. The van der Waals surface area contributed by atoms with Crippen LogP contribution >= 0.6 is 27.5 Å². The number of ether oxygens (including phenoxy) is 1. The van der Waals surface area contributed by atoms with E-state index in [9.17, 15) is 20.0 Å². The Morgan fingerprint density at radius 1 is 1.44 bits per heavy atom. The Hall–Kier alpha value is -2.65. The van der Waals surface area contributed by atoms with Crippen LogP contribution in [0.4, 0.5) is 5.69 Å². The summed E-state index contributed by atoms with van der Waals surface area (Å²) >= 11 is 8.98. The molecular formula is C15H11BrClN3O5. The number of phenolic OH excluding ortho intramolecular Hbond substituents is 1. The fourth-order valence-corrected chi connectivity index (χ4v) is 2.60. The Bertz CT molecular complexity index is 844. The van der Waals surface area contributed by atoms with Gasteiger partial charge >= 0.3 is 5.69 Å². The van der Waals surface area contributed by atoms with Gasteiger partial charge in [0.2, 0.25) is 0 Å². The summed E-state index contributed by atoms with van der Waals surface area (Å²) in [4.78, 5) is 21.9. The largest absolute Gasteiger partial charge is 0.506 e. The Balaban J connectivity index is 1.95. The number of hydrazone groups is 1. The van der Waals surface area contributed by atoms with Crippen LogP contribution in [0.5, 0.6) is 11.5 Å². The molecule has 0 atom stereocenters. The van der Waals surface area contributed by atoms with Gasteiger partial charge in [0.25, 0.3) is 5.91 Å². The summed E-state index contributed by atoms with van der Waals surface area (Å²) < 4.78 is 5.50. The number of hydrogen-bond acceptors (Lipinski definition) is 6. The number of rotatable bonds is 6. The number of amides is 1. The number of para-hydroxylation sites is 2. The van der Waals surface area contributed by atoms with Crippen LogP contribution in [-0.2, 0) is 4.79 Å². The van der Waals surface area contributed by atoms with Crippen molar-refractivity contribution >= 4 is 45.3 Å². The number of aromatic hydroxyl groups is 1. The summed E-state index contributed by atoms with van der Waals surface area (Å²) in [6, 6.07) is 8.67. The number of nitrogens with one attached hydrogen (secondary N) is 1. The zero-order valence-corrected chi connectivity index (χ0v) is 14.8. The summed E-state index contributed by atoms with van der Waals surface area (Å²) in [5.41, 5.74) is 2.23. The fraction of sp³-hybridized carbons (Fsp3) is 0.0667. The lowest BCUT2D eigenvalue weighted by atomic mass is 10.2. The van der Waals surface area contributed by atoms with Gasteiger partial charge in [-0.2, -0.15) is 5.10 Å². The third-order valence-electron chi connectivity index (χ3n) is 2.87. The van der Waals surface area contributed by atoms with Crippen LogP contribution in [0, 0.1) is 10.1 Å². The smallest absolute Gasteiger partial charge is 0.310 e. The van der Waals surface area contributed by atoms with E-state index < -0.39 is 17.4 Å². The predicted octanol–water partition coefficient (Wildman–Crippen LogP) is 3.25. The Kier molecular flexibility index (Phi) is 6.31. The number of nitro benzene ring substituents is 1. The van der Waals surface area contributed by atoms with Crippen molar-refractivity contribution in [3.8, 4) is 11.5 Å². The number of carbonyl (C=O) groups excluding carboxylic acids is 1. The van der Waals surface area contributed by atoms with Crippen LogP contribution in [0.25, 0.3) is 0 Å². The second kappa shape index (κ2) is 8.45. The van der Waals surface area contributed by atoms with Gasteiger partial charge < -0.3 is 9.84 Å². The first kappa shape index (κ1) is 18.7. The number of carbonyl (C=O) groups is 1. The minimum atomic E-state index is -0.630. The van der Waals surface area contributed by atoms with E-state index in [0.717, 1.165) is 0 Å². The molecule has 0 saturated heterocycles. The summed E-state index contributed by atoms with van der Waals surface area (Å²) in [6.07, 6.45) is 1.20. The number of hydrogen-bond donors (Lipinski definition) is 2. The van der Waals surface area contributed by atoms with E-state index in [-0.39, 0.29) is 17.2 Å². The van der Waals surface area contributed by atoms with Crippen molar-refractivity contribution in [2.75, 3.05) is 6.61 Å². The molecule has 0 radical (unpaired) electrons. The molecule has 0 aliphatic carbocycles. The molecule has 0 bridgehead atoms. The molecule has 0 fully saturated rings. The second-order valence-corrected chi connectivity index (χ2v) is 5.92. The molecule has 130 valence electrons. The van der Waals surface area contributed by atoms with Gasteiger partial charge in [-0.1, -0.05) is 23.7 Å². The SMILES string of the molecule is O=C(COc1ccccc1[N+](=O)[O-])N/N=C\c1cc(Cl)cc(Br)c1O. The summed E-state index contributed by atoms with van der Waals surface area (Å²) in [6.45, 7) is -0.465.